The Morgan fingerprint density at radius 2 is 2.27 bits per heavy atom. The van der Waals surface area contributed by atoms with Gasteiger partial charge in [0.15, 0.2) is 5.82 Å². The maximum Gasteiger partial charge on any atom is 0.408 e. The van der Waals surface area contributed by atoms with Crippen molar-refractivity contribution in [2.24, 2.45) is 0 Å². The Kier molecular flexibility index (Phi) is 3.62. The minimum Gasteiger partial charge on any atom is -0.366 e. The lowest BCUT2D eigenvalue weighted by molar-refractivity contribution is -0.149. The van der Waals surface area contributed by atoms with Crippen molar-refractivity contribution < 1.29 is 18.0 Å². The third-order valence-corrected chi connectivity index (χ3v) is 4.05. The van der Waals surface area contributed by atoms with E-state index in [0.717, 1.165) is 38.5 Å². The summed E-state index contributed by atoms with van der Waals surface area (Å²) in [7, 11) is 0. The van der Waals surface area contributed by atoms with Crippen LogP contribution in [0.15, 0.2) is 12.1 Å². The molecule has 0 aromatic carbocycles. The summed E-state index contributed by atoms with van der Waals surface area (Å²) in [6.07, 6.45) is -2.35. The number of nitrogens with one attached hydrogen (secondary N) is 2. The number of pyridine rings is 1. The zero-order chi connectivity index (χ0) is 15.9. The monoisotopic (exact) mass is 314 g/mol. The number of aromatic nitrogens is 1. The van der Waals surface area contributed by atoms with Gasteiger partial charge < -0.3 is 15.5 Å². The van der Waals surface area contributed by atoms with Crippen molar-refractivity contribution in [1.29, 1.82) is 0 Å². The molecule has 22 heavy (non-hydrogen) atoms. The van der Waals surface area contributed by atoms with Crippen LogP contribution in [0.5, 0.6) is 0 Å². The highest BCUT2D eigenvalue weighted by Crippen LogP contribution is 2.33. The lowest BCUT2D eigenvalue weighted by Crippen LogP contribution is -2.47. The van der Waals surface area contributed by atoms with Crippen LogP contribution in [-0.2, 0) is 0 Å². The molecule has 0 spiro atoms. The van der Waals surface area contributed by atoms with Crippen LogP contribution in [-0.4, -0.2) is 42.2 Å². The van der Waals surface area contributed by atoms with E-state index in [1.165, 1.54) is 6.07 Å². The van der Waals surface area contributed by atoms with Crippen LogP contribution in [0.3, 0.4) is 0 Å². The summed E-state index contributed by atoms with van der Waals surface area (Å²) in [4.78, 5) is 18.3. The molecule has 2 atom stereocenters. The second kappa shape index (κ2) is 5.33. The van der Waals surface area contributed by atoms with Crippen molar-refractivity contribution in [2.45, 2.75) is 38.0 Å². The molecule has 1 amide bonds. The summed E-state index contributed by atoms with van der Waals surface area (Å²) in [5.74, 6) is -0.247. The number of hydrogen-bond donors (Lipinski definition) is 2. The first-order valence-corrected chi connectivity index (χ1v) is 7.24. The van der Waals surface area contributed by atoms with E-state index in [1.807, 2.05) is 5.32 Å². The number of carbonyl (C=O) groups excluding carboxylic acids is 1. The molecule has 8 heteroatoms. The molecule has 0 aliphatic carbocycles. The molecule has 1 unspecified atom stereocenters. The standard InChI is InChI=1S/C14H17F3N4O/c1-8(14(15,16)17)18-13(22)10-4-5-11-12(20-10)19-9-3-2-6-21(11)7-9/h4-5,8-9H,2-3,6-7H2,1H3,(H,18,22)(H,19,20)/t8?,9-/m0/s1. The summed E-state index contributed by atoms with van der Waals surface area (Å²) in [6.45, 7) is 2.74. The summed E-state index contributed by atoms with van der Waals surface area (Å²) in [6, 6.07) is 1.58. The van der Waals surface area contributed by atoms with Crippen LogP contribution in [0.4, 0.5) is 24.7 Å². The van der Waals surface area contributed by atoms with Gasteiger partial charge in [0.2, 0.25) is 0 Å². The number of nitrogens with zero attached hydrogens (tertiary/aromatic N) is 2. The Balaban J connectivity index is 1.79. The molecule has 3 heterocycles. The predicted octanol–water partition coefficient (Wildman–Crippen LogP) is 2.16. The lowest BCUT2D eigenvalue weighted by atomic mass is 10.0. The molecule has 2 bridgehead atoms. The Hall–Kier alpha value is -1.99. The van der Waals surface area contributed by atoms with Gasteiger partial charge in [0.05, 0.1) is 5.69 Å². The molecule has 0 saturated carbocycles. The van der Waals surface area contributed by atoms with Crippen LogP contribution in [0, 0.1) is 0 Å². The fourth-order valence-corrected chi connectivity index (χ4v) is 2.80. The van der Waals surface area contributed by atoms with Crippen LogP contribution < -0.4 is 15.5 Å². The van der Waals surface area contributed by atoms with E-state index in [1.54, 1.807) is 6.07 Å². The van der Waals surface area contributed by atoms with Gasteiger partial charge in [0.25, 0.3) is 5.91 Å². The fourth-order valence-electron chi connectivity index (χ4n) is 2.80. The molecule has 1 saturated heterocycles. The van der Waals surface area contributed by atoms with Crippen molar-refractivity contribution in [3.63, 3.8) is 0 Å². The lowest BCUT2D eigenvalue weighted by Gasteiger charge is -2.40. The Labute approximate surface area is 125 Å². The van der Waals surface area contributed by atoms with Gasteiger partial charge in [-0.25, -0.2) is 4.98 Å². The largest absolute Gasteiger partial charge is 0.408 e. The molecule has 3 rings (SSSR count). The number of rotatable bonds is 2. The van der Waals surface area contributed by atoms with Crippen LogP contribution in [0.25, 0.3) is 0 Å². The van der Waals surface area contributed by atoms with Crippen LogP contribution in [0.1, 0.15) is 30.3 Å². The van der Waals surface area contributed by atoms with E-state index in [4.69, 9.17) is 0 Å². The van der Waals surface area contributed by atoms with Crippen molar-refractivity contribution in [2.75, 3.05) is 23.3 Å². The van der Waals surface area contributed by atoms with Crippen molar-refractivity contribution in [1.82, 2.24) is 10.3 Å². The highest BCUT2D eigenvalue weighted by atomic mass is 19.4. The zero-order valence-electron chi connectivity index (χ0n) is 12.1. The molecule has 0 radical (unpaired) electrons. The van der Waals surface area contributed by atoms with Crippen molar-refractivity contribution in [3.8, 4) is 0 Å². The summed E-state index contributed by atoms with van der Waals surface area (Å²) in [5.41, 5.74) is 0.889. The van der Waals surface area contributed by atoms with Gasteiger partial charge >= 0.3 is 6.18 Å². The smallest absolute Gasteiger partial charge is 0.366 e. The van der Waals surface area contributed by atoms with Gasteiger partial charge in [-0.3, -0.25) is 4.79 Å². The molecule has 1 fully saturated rings. The molecule has 2 aliphatic rings. The fraction of sp³-hybridized carbons (Fsp3) is 0.571. The quantitative estimate of drug-likeness (QED) is 0.878. The maximum absolute atomic E-state index is 12.5. The molecule has 5 nitrogen and oxygen atoms in total. The third-order valence-electron chi connectivity index (χ3n) is 4.05. The highest BCUT2D eigenvalue weighted by Gasteiger charge is 2.37. The number of piperidine rings is 1. The topological polar surface area (TPSA) is 57.3 Å². The number of fused-ring (bicyclic) bond motifs is 4. The average Bonchev–Trinajstić information content (AvgIpc) is 2.45. The number of alkyl halides is 3. The first-order chi connectivity index (χ1) is 10.3. The van der Waals surface area contributed by atoms with E-state index in [2.05, 4.69) is 15.2 Å². The molecular formula is C14H17F3N4O. The highest BCUT2D eigenvalue weighted by molar-refractivity contribution is 5.93. The zero-order valence-corrected chi connectivity index (χ0v) is 12.1. The number of hydrogen-bond acceptors (Lipinski definition) is 4. The SMILES string of the molecule is CC(NC(=O)c1ccc2c(n1)N[C@H]1CCCN2C1)C(F)(F)F. The molecule has 2 N–H and O–H groups in total. The first kappa shape index (κ1) is 14.9. The van der Waals surface area contributed by atoms with Crippen LogP contribution in [0.2, 0.25) is 0 Å². The number of carbonyl (C=O) groups is 1. The Morgan fingerprint density at radius 1 is 1.50 bits per heavy atom. The van der Waals surface area contributed by atoms with Crippen LogP contribution >= 0.6 is 0 Å². The first-order valence-electron chi connectivity index (χ1n) is 7.24. The average molecular weight is 314 g/mol. The third kappa shape index (κ3) is 2.82. The molecule has 1 aromatic heterocycles. The minimum atomic E-state index is -4.47. The summed E-state index contributed by atoms with van der Waals surface area (Å²) >= 11 is 0. The van der Waals surface area contributed by atoms with Crippen molar-refractivity contribution >= 4 is 17.4 Å². The van der Waals surface area contributed by atoms with Crippen molar-refractivity contribution in [3.05, 3.63) is 17.8 Å². The number of anilines is 2. The van der Waals surface area contributed by atoms with Gasteiger partial charge in [-0.2, -0.15) is 13.2 Å². The molecule has 1 aromatic rings. The second-order valence-corrected chi connectivity index (χ2v) is 5.73. The van der Waals surface area contributed by atoms with Gasteiger partial charge in [0.1, 0.15) is 11.7 Å². The van der Waals surface area contributed by atoms with Gasteiger partial charge in [-0.05, 0) is 31.9 Å². The summed E-state index contributed by atoms with van der Waals surface area (Å²) in [5, 5.41) is 5.18. The van der Waals surface area contributed by atoms with E-state index < -0.39 is 18.1 Å². The Bertz CT molecular complexity index is 590. The van der Waals surface area contributed by atoms with E-state index in [9.17, 15) is 18.0 Å². The maximum atomic E-state index is 12.5. The summed E-state index contributed by atoms with van der Waals surface area (Å²) < 4.78 is 37.5. The van der Waals surface area contributed by atoms with Gasteiger partial charge in [0, 0.05) is 19.1 Å². The molecule has 120 valence electrons. The van der Waals surface area contributed by atoms with E-state index in [0.29, 0.717) is 5.82 Å². The second-order valence-electron chi connectivity index (χ2n) is 5.73. The predicted molar refractivity (Wildman–Crippen MR) is 76.1 cm³/mol. The molecule has 2 aliphatic heterocycles. The van der Waals surface area contributed by atoms with E-state index >= 15 is 0 Å². The minimum absolute atomic E-state index is 0.0106. The number of amides is 1. The van der Waals surface area contributed by atoms with Gasteiger partial charge in [-0.1, -0.05) is 0 Å². The Morgan fingerprint density at radius 3 is 3.00 bits per heavy atom. The number of halogens is 3. The van der Waals surface area contributed by atoms with E-state index in [-0.39, 0.29) is 11.7 Å². The van der Waals surface area contributed by atoms with Gasteiger partial charge in [-0.15, -0.1) is 0 Å². The molecular weight excluding hydrogens is 297 g/mol. The normalized spacial score (nSPS) is 21.6.